The Morgan fingerprint density at radius 2 is 1.88 bits per heavy atom. The maximum atomic E-state index is 11.7. The van der Waals surface area contributed by atoms with E-state index in [0.29, 0.717) is 19.0 Å². The molecule has 3 rings (SSSR count). The van der Waals surface area contributed by atoms with Gasteiger partial charge in [-0.15, -0.1) is 0 Å². The molecule has 0 atom stereocenters. The molecule has 0 aliphatic rings. The Bertz CT molecular complexity index is 889. The van der Waals surface area contributed by atoms with Gasteiger partial charge in [0.05, 0.1) is 13.0 Å². The van der Waals surface area contributed by atoms with Crippen molar-refractivity contribution < 1.29 is 14.3 Å². The van der Waals surface area contributed by atoms with E-state index in [1.54, 1.807) is 6.92 Å². The van der Waals surface area contributed by atoms with Crippen LogP contribution in [0.2, 0.25) is 0 Å². The van der Waals surface area contributed by atoms with Gasteiger partial charge in [-0.2, -0.15) is 0 Å². The Balaban J connectivity index is 1.75. The summed E-state index contributed by atoms with van der Waals surface area (Å²) in [6.07, 6.45) is 0.216. The molecule has 3 nitrogen and oxygen atoms in total. The Labute approximate surface area is 155 Å². The second-order valence-corrected chi connectivity index (χ2v) is 6.53. The van der Waals surface area contributed by atoms with Crippen LogP contribution in [0.15, 0.2) is 65.1 Å². The van der Waals surface area contributed by atoms with Gasteiger partial charge < -0.3 is 9.47 Å². The van der Waals surface area contributed by atoms with Gasteiger partial charge in [0, 0.05) is 10.0 Å². The van der Waals surface area contributed by atoms with Crippen LogP contribution in [0.1, 0.15) is 18.1 Å². The van der Waals surface area contributed by atoms with Crippen molar-refractivity contribution in [2.45, 2.75) is 20.0 Å². The number of benzene rings is 3. The molecule has 0 heterocycles. The van der Waals surface area contributed by atoms with Crippen LogP contribution >= 0.6 is 15.9 Å². The van der Waals surface area contributed by atoms with Crippen molar-refractivity contribution >= 4 is 32.7 Å². The topological polar surface area (TPSA) is 35.5 Å². The number of carbonyl (C=O) groups excluding carboxylic acids is 1. The Morgan fingerprint density at radius 3 is 2.72 bits per heavy atom. The number of fused-ring (bicyclic) bond motifs is 1. The van der Waals surface area contributed by atoms with Gasteiger partial charge in [-0.25, -0.2) is 0 Å². The summed E-state index contributed by atoms with van der Waals surface area (Å²) in [6, 6.07) is 20.0. The van der Waals surface area contributed by atoms with Crippen molar-refractivity contribution in [2.75, 3.05) is 6.61 Å². The third kappa shape index (κ3) is 4.40. The van der Waals surface area contributed by atoms with Gasteiger partial charge >= 0.3 is 5.97 Å². The van der Waals surface area contributed by atoms with E-state index in [1.807, 2.05) is 36.4 Å². The molecule has 0 saturated carbocycles. The molecule has 3 aromatic rings. The SMILES string of the molecule is CCOC(=O)Cc1ccccc1OCc1ccc2cccc(Br)c2c1. The lowest BCUT2D eigenvalue weighted by atomic mass is 10.1. The third-order valence-corrected chi connectivity index (χ3v) is 4.59. The van der Waals surface area contributed by atoms with Gasteiger partial charge in [0.1, 0.15) is 12.4 Å². The maximum absolute atomic E-state index is 11.7. The van der Waals surface area contributed by atoms with Gasteiger partial charge in [-0.3, -0.25) is 4.79 Å². The third-order valence-electron chi connectivity index (χ3n) is 3.90. The molecule has 0 fully saturated rings. The first-order valence-corrected chi connectivity index (χ1v) is 9.00. The van der Waals surface area contributed by atoms with Crippen molar-refractivity contribution in [2.24, 2.45) is 0 Å². The number of rotatable bonds is 6. The van der Waals surface area contributed by atoms with E-state index in [2.05, 4.69) is 40.2 Å². The Morgan fingerprint density at radius 1 is 1.04 bits per heavy atom. The van der Waals surface area contributed by atoms with Gasteiger partial charge in [-0.05, 0) is 41.5 Å². The first kappa shape index (κ1) is 17.5. The number of esters is 1. The molecule has 0 bridgehead atoms. The largest absolute Gasteiger partial charge is 0.489 e. The highest BCUT2D eigenvalue weighted by Gasteiger charge is 2.10. The number of hydrogen-bond acceptors (Lipinski definition) is 3. The summed E-state index contributed by atoms with van der Waals surface area (Å²) >= 11 is 3.59. The fraction of sp³-hybridized carbons (Fsp3) is 0.190. The molecule has 128 valence electrons. The molecule has 25 heavy (non-hydrogen) atoms. The minimum Gasteiger partial charge on any atom is -0.489 e. The Hall–Kier alpha value is -2.33. The van der Waals surface area contributed by atoms with E-state index in [9.17, 15) is 4.79 Å². The average Bonchev–Trinajstić information content (AvgIpc) is 2.62. The fourth-order valence-electron chi connectivity index (χ4n) is 2.69. The summed E-state index contributed by atoms with van der Waals surface area (Å²) in [7, 11) is 0. The van der Waals surface area contributed by atoms with E-state index in [4.69, 9.17) is 9.47 Å². The second kappa shape index (κ2) is 8.17. The number of carbonyl (C=O) groups is 1. The Kier molecular flexibility index (Phi) is 5.71. The highest BCUT2D eigenvalue weighted by Crippen LogP contribution is 2.26. The quantitative estimate of drug-likeness (QED) is 0.529. The van der Waals surface area contributed by atoms with Crippen molar-refractivity contribution in [1.82, 2.24) is 0 Å². The smallest absolute Gasteiger partial charge is 0.310 e. The predicted octanol–water partition coefficient (Wildman–Crippen LogP) is 5.29. The second-order valence-electron chi connectivity index (χ2n) is 5.67. The monoisotopic (exact) mass is 398 g/mol. The number of hydrogen-bond donors (Lipinski definition) is 0. The van der Waals surface area contributed by atoms with Crippen LogP contribution in [0.3, 0.4) is 0 Å². The average molecular weight is 399 g/mol. The molecular weight excluding hydrogens is 380 g/mol. The fourth-order valence-corrected chi connectivity index (χ4v) is 3.19. The van der Waals surface area contributed by atoms with E-state index in [-0.39, 0.29) is 12.4 Å². The highest BCUT2D eigenvalue weighted by molar-refractivity contribution is 9.10. The van der Waals surface area contributed by atoms with E-state index < -0.39 is 0 Å². The van der Waals surface area contributed by atoms with Crippen LogP contribution in [-0.4, -0.2) is 12.6 Å². The minimum absolute atomic E-state index is 0.216. The van der Waals surface area contributed by atoms with Crippen molar-refractivity contribution in [3.63, 3.8) is 0 Å². The number of ether oxygens (including phenoxy) is 2. The molecule has 3 aromatic carbocycles. The molecule has 0 unspecified atom stereocenters. The zero-order chi connectivity index (χ0) is 17.6. The molecule has 0 amide bonds. The molecule has 4 heteroatoms. The molecule has 0 aliphatic carbocycles. The molecular formula is C21H19BrO3. The minimum atomic E-state index is -0.242. The van der Waals surface area contributed by atoms with Crippen molar-refractivity contribution in [3.8, 4) is 5.75 Å². The standard InChI is InChI=1S/C21H19BrO3/c1-2-24-21(23)13-17-6-3-4-9-20(17)25-14-15-10-11-16-7-5-8-19(22)18(16)12-15/h3-12H,2,13-14H2,1H3. The predicted molar refractivity (Wildman–Crippen MR) is 103 cm³/mol. The van der Waals surface area contributed by atoms with Crippen LogP contribution in [-0.2, 0) is 22.6 Å². The summed E-state index contributed by atoms with van der Waals surface area (Å²) < 4.78 is 12.1. The van der Waals surface area contributed by atoms with E-state index in [1.165, 1.54) is 5.39 Å². The van der Waals surface area contributed by atoms with Crippen LogP contribution in [0, 0.1) is 0 Å². The van der Waals surface area contributed by atoms with Crippen LogP contribution in [0.5, 0.6) is 5.75 Å². The summed E-state index contributed by atoms with van der Waals surface area (Å²) in [4.78, 5) is 11.7. The molecule has 0 saturated heterocycles. The zero-order valence-corrected chi connectivity index (χ0v) is 15.6. The summed E-state index contributed by atoms with van der Waals surface area (Å²) in [6.45, 7) is 2.63. The van der Waals surface area contributed by atoms with Crippen molar-refractivity contribution in [3.05, 3.63) is 76.3 Å². The van der Waals surface area contributed by atoms with E-state index in [0.717, 1.165) is 21.0 Å². The van der Waals surface area contributed by atoms with Gasteiger partial charge in [0.25, 0.3) is 0 Å². The normalized spacial score (nSPS) is 10.6. The van der Waals surface area contributed by atoms with E-state index >= 15 is 0 Å². The summed E-state index contributed by atoms with van der Waals surface area (Å²) in [5.41, 5.74) is 1.91. The molecule has 0 aromatic heterocycles. The van der Waals surface area contributed by atoms with Gasteiger partial charge in [0.15, 0.2) is 0 Å². The number of para-hydroxylation sites is 1. The molecule has 0 N–H and O–H groups in total. The maximum Gasteiger partial charge on any atom is 0.310 e. The van der Waals surface area contributed by atoms with Crippen LogP contribution in [0.25, 0.3) is 10.8 Å². The lowest BCUT2D eigenvalue weighted by molar-refractivity contribution is -0.142. The van der Waals surface area contributed by atoms with Gasteiger partial charge in [0.2, 0.25) is 0 Å². The van der Waals surface area contributed by atoms with Crippen LogP contribution in [0.4, 0.5) is 0 Å². The van der Waals surface area contributed by atoms with Gasteiger partial charge in [-0.1, -0.05) is 58.4 Å². The number of halogens is 1. The summed E-state index contributed by atoms with van der Waals surface area (Å²) in [5.74, 6) is 0.468. The van der Waals surface area contributed by atoms with Crippen LogP contribution < -0.4 is 4.74 Å². The highest BCUT2D eigenvalue weighted by atomic mass is 79.9. The first-order valence-electron chi connectivity index (χ1n) is 8.21. The lowest BCUT2D eigenvalue weighted by Gasteiger charge is -2.12. The zero-order valence-electron chi connectivity index (χ0n) is 14.0. The lowest BCUT2D eigenvalue weighted by Crippen LogP contribution is -2.09. The molecule has 0 spiro atoms. The first-order chi connectivity index (χ1) is 12.2. The molecule has 0 radical (unpaired) electrons. The van der Waals surface area contributed by atoms with Crippen molar-refractivity contribution in [1.29, 1.82) is 0 Å². The summed E-state index contributed by atoms with van der Waals surface area (Å²) in [5, 5.41) is 2.34. The molecule has 0 aliphatic heterocycles.